The maximum absolute atomic E-state index is 2.33. The molecule has 0 bridgehead atoms. The minimum absolute atomic E-state index is 1.04. The summed E-state index contributed by atoms with van der Waals surface area (Å²) in [6, 6.07) is 0. The number of unbranched alkanes of at least 4 members (excludes halogenated alkanes) is 9. The summed E-state index contributed by atoms with van der Waals surface area (Å²) in [6.45, 7) is 15.7. The highest BCUT2D eigenvalue weighted by molar-refractivity contribution is 4.59. The lowest BCUT2D eigenvalue weighted by Gasteiger charge is -2.15. The van der Waals surface area contributed by atoms with Gasteiger partial charge in [-0.1, -0.05) is 158 Å². The summed E-state index contributed by atoms with van der Waals surface area (Å²) in [5.74, 6) is 1.04. The summed E-state index contributed by atoms with van der Waals surface area (Å²) in [5, 5.41) is 0. The Morgan fingerprint density at radius 3 is 1.16 bits per heavy atom. The first-order valence-electron chi connectivity index (χ1n) is 12.2. The highest BCUT2D eigenvalue weighted by atomic mass is 14.1. The van der Waals surface area contributed by atoms with Crippen LogP contribution in [-0.2, 0) is 0 Å². The molecule has 0 amide bonds. The lowest BCUT2D eigenvalue weighted by Crippen LogP contribution is -2.00. The smallest absolute Gasteiger partial charge is 0.0414 e. The minimum atomic E-state index is 1.04. The predicted molar refractivity (Wildman–Crippen MR) is 122 cm³/mol. The van der Waals surface area contributed by atoms with E-state index >= 15 is 0 Å². The van der Waals surface area contributed by atoms with E-state index in [4.69, 9.17) is 0 Å². The fraction of sp³-hybridized carbons (Fsp3) is 1.00. The van der Waals surface area contributed by atoms with Gasteiger partial charge in [0.05, 0.1) is 0 Å². The predicted octanol–water partition coefficient (Wildman–Crippen LogP) is 10.3. The summed E-state index contributed by atoms with van der Waals surface area (Å²) in [5.41, 5.74) is 0. The Labute approximate surface area is 164 Å². The van der Waals surface area contributed by atoms with Crippen LogP contribution in [0.2, 0.25) is 0 Å². The van der Waals surface area contributed by atoms with Crippen molar-refractivity contribution in [3.05, 3.63) is 0 Å². The molecule has 0 radical (unpaired) electrons. The van der Waals surface area contributed by atoms with Gasteiger partial charge in [-0.2, -0.15) is 0 Å². The van der Waals surface area contributed by atoms with Gasteiger partial charge in [-0.25, -0.2) is 0 Å². The molecule has 0 heterocycles. The van der Waals surface area contributed by atoms with Crippen LogP contribution in [0.15, 0.2) is 0 Å². The van der Waals surface area contributed by atoms with Crippen molar-refractivity contribution in [2.75, 3.05) is 0 Å². The number of hydrogen-bond donors (Lipinski definition) is 0. The van der Waals surface area contributed by atoms with Crippen LogP contribution < -0.4 is 0 Å². The SMILES string of the molecule is CCCC.CCCCC.CCCCCCCCC(CCC)CCCC. The molecule has 0 spiro atoms. The number of hydrogen-bond acceptors (Lipinski definition) is 0. The van der Waals surface area contributed by atoms with Crippen molar-refractivity contribution in [3.63, 3.8) is 0 Å². The maximum atomic E-state index is 2.33. The molecular weight excluding hydrogens is 300 g/mol. The Kier molecular flexibility index (Phi) is 37.8. The van der Waals surface area contributed by atoms with Gasteiger partial charge in [-0.3, -0.25) is 0 Å². The van der Waals surface area contributed by atoms with Crippen LogP contribution in [0, 0.1) is 5.92 Å². The molecule has 0 aromatic rings. The van der Waals surface area contributed by atoms with Crippen molar-refractivity contribution < 1.29 is 0 Å². The fourth-order valence-electron chi connectivity index (χ4n) is 2.90. The minimum Gasteiger partial charge on any atom is -0.0654 e. The Hall–Kier alpha value is 0. The molecule has 1 unspecified atom stereocenters. The molecule has 0 aliphatic carbocycles. The highest BCUT2D eigenvalue weighted by Gasteiger charge is 2.06. The normalized spacial score (nSPS) is 11.2. The van der Waals surface area contributed by atoms with Gasteiger partial charge in [-0.05, 0) is 5.92 Å². The molecule has 0 N–H and O–H groups in total. The van der Waals surface area contributed by atoms with E-state index in [1.165, 1.54) is 109 Å². The second kappa shape index (κ2) is 31.7. The van der Waals surface area contributed by atoms with Crippen LogP contribution in [0.5, 0.6) is 0 Å². The van der Waals surface area contributed by atoms with Crippen LogP contribution in [-0.4, -0.2) is 0 Å². The molecule has 0 nitrogen and oxygen atoms in total. The quantitative estimate of drug-likeness (QED) is 0.256. The molecule has 0 rings (SSSR count). The third kappa shape index (κ3) is 35.9. The first-order chi connectivity index (χ1) is 12.2. The zero-order chi connectivity index (χ0) is 19.6. The van der Waals surface area contributed by atoms with E-state index in [1.54, 1.807) is 0 Å². The molecular formula is C25H56. The first-order valence-corrected chi connectivity index (χ1v) is 12.2. The molecule has 156 valence electrons. The van der Waals surface area contributed by atoms with Gasteiger partial charge in [0.2, 0.25) is 0 Å². The Bertz CT molecular complexity index is 169. The molecule has 0 heteroatoms. The molecule has 0 aliphatic rings. The van der Waals surface area contributed by atoms with Gasteiger partial charge < -0.3 is 0 Å². The third-order valence-electron chi connectivity index (χ3n) is 4.84. The summed E-state index contributed by atoms with van der Waals surface area (Å²) in [7, 11) is 0. The van der Waals surface area contributed by atoms with Gasteiger partial charge in [0, 0.05) is 0 Å². The van der Waals surface area contributed by atoms with Gasteiger partial charge in [0.15, 0.2) is 0 Å². The van der Waals surface area contributed by atoms with E-state index < -0.39 is 0 Å². The largest absolute Gasteiger partial charge is 0.0654 e. The van der Waals surface area contributed by atoms with Crippen molar-refractivity contribution in [1.29, 1.82) is 0 Å². The van der Waals surface area contributed by atoms with Crippen LogP contribution in [0.4, 0.5) is 0 Å². The van der Waals surface area contributed by atoms with Crippen molar-refractivity contribution >= 4 is 0 Å². The molecule has 0 aromatic carbocycles. The summed E-state index contributed by atoms with van der Waals surface area (Å²) >= 11 is 0. The van der Waals surface area contributed by atoms with E-state index in [0.717, 1.165) is 5.92 Å². The molecule has 1 atom stereocenters. The molecule has 0 aromatic heterocycles. The highest BCUT2D eigenvalue weighted by Crippen LogP contribution is 2.22. The number of rotatable bonds is 15. The molecule has 25 heavy (non-hydrogen) atoms. The zero-order valence-electron chi connectivity index (χ0n) is 19.6. The molecule has 0 saturated heterocycles. The first kappa shape index (κ1) is 29.8. The second-order valence-corrected chi connectivity index (χ2v) is 7.71. The lowest BCUT2D eigenvalue weighted by molar-refractivity contribution is 0.383. The van der Waals surface area contributed by atoms with Gasteiger partial charge >= 0.3 is 0 Å². The van der Waals surface area contributed by atoms with E-state index in [1.807, 2.05) is 0 Å². The van der Waals surface area contributed by atoms with Crippen LogP contribution in [0.3, 0.4) is 0 Å². The van der Waals surface area contributed by atoms with E-state index in [0.29, 0.717) is 0 Å². The molecule has 0 fully saturated rings. The summed E-state index contributed by atoms with van der Waals surface area (Å²) in [4.78, 5) is 0. The topological polar surface area (TPSA) is 0 Å². The van der Waals surface area contributed by atoms with Crippen LogP contribution >= 0.6 is 0 Å². The van der Waals surface area contributed by atoms with E-state index in [2.05, 4.69) is 48.5 Å². The van der Waals surface area contributed by atoms with Crippen molar-refractivity contribution in [1.82, 2.24) is 0 Å². The Morgan fingerprint density at radius 2 is 0.760 bits per heavy atom. The van der Waals surface area contributed by atoms with Crippen LogP contribution in [0.1, 0.15) is 158 Å². The third-order valence-corrected chi connectivity index (χ3v) is 4.84. The second-order valence-electron chi connectivity index (χ2n) is 7.71. The fourth-order valence-corrected chi connectivity index (χ4v) is 2.90. The van der Waals surface area contributed by atoms with Crippen molar-refractivity contribution in [2.24, 2.45) is 5.92 Å². The zero-order valence-corrected chi connectivity index (χ0v) is 19.6. The van der Waals surface area contributed by atoms with Gasteiger partial charge in [0.1, 0.15) is 0 Å². The standard InChI is InChI=1S/C16H34.C5H12.C4H10/c1-4-7-9-10-11-12-15-16(13-6-3)14-8-5-2;1-3-5-4-2;1-3-4-2/h16H,4-15H2,1-3H3;3-5H2,1-2H3;3-4H2,1-2H3. The van der Waals surface area contributed by atoms with Crippen LogP contribution in [0.25, 0.3) is 0 Å². The maximum Gasteiger partial charge on any atom is -0.0414 e. The molecule has 0 aliphatic heterocycles. The average Bonchev–Trinajstić information content (AvgIpc) is 2.63. The summed E-state index contributed by atoms with van der Waals surface area (Å²) < 4.78 is 0. The van der Waals surface area contributed by atoms with Crippen molar-refractivity contribution in [2.45, 2.75) is 158 Å². The van der Waals surface area contributed by atoms with E-state index in [9.17, 15) is 0 Å². The molecule has 0 saturated carbocycles. The average molecular weight is 357 g/mol. The van der Waals surface area contributed by atoms with Crippen molar-refractivity contribution in [3.8, 4) is 0 Å². The Morgan fingerprint density at radius 1 is 0.320 bits per heavy atom. The van der Waals surface area contributed by atoms with E-state index in [-0.39, 0.29) is 0 Å². The lowest BCUT2D eigenvalue weighted by atomic mass is 9.91. The van der Waals surface area contributed by atoms with Gasteiger partial charge in [0.25, 0.3) is 0 Å². The summed E-state index contributed by atoms with van der Waals surface area (Å²) in [6.07, 6.45) is 24.1. The monoisotopic (exact) mass is 356 g/mol. The Balaban J connectivity index is -0.000000442. The van der Waals surface area contributed by atoms with Gasteiger partial charge in [-0.15, -0.1) is 0 Å².